The maximum atomic E-state index is 12.8. The Labute approximate surface area is 202 Å². The number of nitrogens with zero attached hydrogens (tertiary/aromatic N) is 2. The van der Waals surface area contributed by atoms with Crippen molar-refractivity contribution < 1.29 is 18.7 Å². The van der Waals surface area contributed by atoms with E-state index in [1.807, 2.05) is 30.3 Å². The zero-order valence-corrected chi connectivity index (χ0v) is 20.5. The minimum Gasteiger partial charge on any atom is -0.495 e. The molecule has 2 heterocycles. The summed E-state index contributed by atoms with van der Waals surface area (Å²) < 4.78 is 12.0. The Hall–Kier alpha value is -2.78. The molecule has 0 aliphatic carbocycles. The lowest BCUT2D eigenvalue weighted by atomic mass is 10.1. The molecule has 0 unspecified atom stereocenters. The lowest BCUT2D eigenvalue weighted by molar-refractivity contribution is 0.0714. The van der Waals surface area contributed by atoms with E-state index in [0.717, 1.165) is 23.2 Å². The fraction of sp³-hybridized carbons (Fsp3) is 0.217. The number of benzene rings is 2. The summed E-state index contributed by atoms with van der Waals surface area (Å²) in [6.45, 7) is 2.69. The third kappa shape index (κ3) is 4.83. The van der Waals surface area contributed by atoms with Crippen LogP contribution in [0.1, 0.15) is 20.9 Å². The number of anilines is 2. The van der Waals surface area contributed by atoms with Crippen molar-refractivity contribution in [2.24, 2.45) is 0 Å². The monoisotopic (exact) mass is 561 g/mol. The zero-order valence-electron chi connectivity index (χ0n) is 17.3. The smallest absolute Gasteiger partial charge is 0.289 e. The number of halogens is 2. The largest absolute Gasteiger partial charge is 0.495 e. The lowest BCUT2D eigenvalue weighted by Crippen LogP contribution is -2.48. The molecule has 1 N–H and O–H groups in total. The summed E-state index contributed by atoms with van der Waals surface area (Å²) in [5.41, 5.74) is 2.15. The van der Waals surface area contributed by atoms with Crippen LogP contribution in [0.15, 0.2) is 68.2 Å². The van der Waals surface area contributed by atoms with Crippen LogP contribution in [-0.4, -0.2) is 50.0 Å². The number of ether oxygens (including phenoxy) is 1. The van der Waals surface area contributed by atoms with Crippen molar-refractivity contribution in [1.82, 2.24) is 4.90 Å². The van der Waals surface area contributed by atoms with Crippen LogP contribution in [0.5, 0.6) is 5.75 Å². The minimum atomic E-state index is -0.262. The van der Waals surface area contributed by atoms with Crippen molar-refractivity contribution in [3.63, 3.8) is 0 Å². The first-order valence-corrected chi connectivity index (χ1v) is 11.6. The molecular weight excluding hydrogens is 542 g/mol. The molecule has 0 spiro atoms. The fourth-order valence-electron chi connectivity index (χ4n) is 3.61. The van der Waals surface area contributed by atoms with Crippen LogP contribution in [-0.2, 0) is 0 Å². The third-order valence-electron chi connectivity index (χ3n) is 5.25. The van der Waals surface area contributed by atoms with Crippen LogP contribution in [0.2, 0.25) is 0 Å². The molecule has 9 heteroatoms. The van der Waals surface area contributed by atoms with E-state index in [-0.39, 0.29) is 11.8 Å². The molecule has 2 amide bonds. The highest BCUT2D eigenvalue weighted by molar-refractivity contribution is 9.11. The van der Waals surface area contributed by atoms with Gasteiger partial charge in [-0.25, -0.2) is 0 Å². The van der Waals surface area contributed by atoms with Gasteiger partial charge in [0.15, 0.2) is 5.76 Å². The molecule has 0 atom stereocenters. The Balaban J connectivity index is 1.38. The number of carbonyl (C=O) groups excluding carboxylic acids is 2. The third-order valence-corrected chi connectivity index (χ3v) is 6.29. The number of methoxy groups -OCH3 is 1. The van der Waals surface area contributed by atoms with Crippen LogP contribution in [0.25, 0.3) is 0 Å². The van der Waals surface area contributed by atoms with E-state index < -0.39 is 0 Å². The van der Waals surface area contributed by atoms with Gasteiger partial charge in [-0.1, -0.05) is 15.9 Å². The maximum Gasteiger partial charge on any atom is 0.289 e. The summed E-state index contributed by atoms with van der Waals surface area (Å²) in [5, 5.41) is 2.91. The van der Waals surface area contributed by atoms with Gasteiger partial charge in [-0.15, -0.1) is 0 Å². The van der Waals surface area contributed by atoms with Gasteiger partial charge in [0, 0.05) is 42.0 Å². The van der Waals surface area contributed by atoms with Gasteiger partial charge in [-0.05, 0) is 64.5 Å². The predicted molar refractivity (Wildman–Crippen MR) is 130 cm³/mol. The number of hydrogen-bond acceptors (Lipinski definition) is 5. The number of hydrogen-bond donors (Lipinski definition) is 1. The Morgan fingerprint density at radius 1 is 1.03 bits per heavy atom. The molecule has 0 bridgehead atoms. The van der Waals surface area contributed by atoms with Gasteiger partial charge < -0.3 is 24.3 Å². The van der Waals surface area contributed by atoms with Crippen molar-refractivity contribution in [3.05, 3.63) is 75.1 Å². The first-order chi connectivity index (χ1) is 15.5. The number of furan rings is 1. The fourth-order valence-corrected chi connectivity index (χ4v) is 5.00. The molecule has 7 nitrogen and oxygen atoms in total. The molecular formula is C23H21Br2N3O4. The maximum absolute atomic E-state index is 12.8. The molecule has 0 saturated carbocycles. The molecule has 3 aromatic rings. The average molecular weight is 563 g/mol. The van der Waals surface area contributed by atoms with Crippen LogP contribution >= 0.6 is 31.9 Å². The topological polar surface area (TPSA) is 75.0 Å². The normalized spacial score (nSPS) is 13.7. The molecule has 166 valence electrons. The van der Waals surface area contributed by atoms with Crippen LogP contribution in [0.3, 0.4) is 0 Å². The second kappa shape index (κ2) is 9.79. The van der Waals surface area contributed by atoms with E-state index in [0.29, 0.717) is 40.3 Å². The van der Waals surface area contributed by atoms with E-state index in [9.17, 15) is 9.59 Å². The molecule has 1 aliphatic heterocycles. The van der Waals surface area contributed by atoms with Crippen LogP contribution in [0.4, 0.5) is 11.4 Å². The molecule has 2 aromatic carbocycles. The summed E-state index contributed by atoms with van der Waals surface area (Å²) in [4.78, 5) is 29.2. The molecule has 1 aromatic heterocycles. The highest BCUT2D eigenvalue weighted by Crippen LogP contribution is 2.33. The van der Waals surface area contributed by atoms with Crippen molar-refractivity contribution >= 4 is 55.0 Å². The van der Waals surface area contributed by atoms with Gasteiger partial charge >= 0.3 is 0 Å². The summed E-state index contributed by atoms with van der Waals surface area (Å²) in [5.74, 6) is 0.501. The summed E-state index contributed by atoms with van der Waals surface area (Å²) in [7, 11) is 1.53. The Bertz CT molecular complexity index is 1110. The van der Waals surface area contributed by atoms with Gasteiger partial charge in [0.25, 0.3) is 11.8 Å². The second-order valence-electron chi connectivity index (χ2n) is 7.23. The highest BCUT2D eigenvalue weighted by Gasteiger charge is 2.24. The number of amides is 2. The first kappa shape index (κ1) is 22.4. The lowest BCUT2D eigenvalue weighted by Gasteiger charge is -2.35. The summed E-state index contributed by atoms with van der Waals surface area (Å²) in [6.07, 6.45) is 1.51. The van der Waals surface area contributed by atoms with Crippen molar-refractivity contribution in [3.8, 4) is 5.75 Å². The number of rotatable bonds is 5. The SMILES string of the molecule is COc1c(Br)cc(Br)cc1C(=O)Nc1ccc(N2CCN(C(=O)c3ccco3)CC2)cc1. The standard InChI is InChI=1S/C23H21Br2N3O4/c1-31-21-18(13-15(24)14-19(21)25)22(29)26-16-4-6-17(7-5-16)27-8-10-28(11-9-27)23(30)20-3-2-12-32-20/h2-7,12-14H,8-11H2,1H3,(H,26,29). The average Bonchev–Trinajstić information content (AvgIpc) is 3.34. The van der Waals surface area contributed by atoms with Crippen LogP contribution < -0.4 is 15.0 Å². The van der Waals surface area contributed by atoms with Gasteiger partial charge in [0.1, 0.15) is 5.75 Å². The predicted octanol–water partition coefficient (Wildman–Crippen LogP) is 5.03. The zero-order chi connectivity index (χ0) is 22.7. The quantitative estimate of drug-likeness (QED) is 0.472. The van der Waals surface area contributed by atoms with E-state index in [4.69, 9.17) is 9.15 Å². The molecule has 1 aliphatic rings. The first-order valence-electron chi connectivity index (χ1n) is 9.98. The van der Waals surface area contributed by atoms with Gasteiger partial charge in [-0.3, -0.25) is 9.59 Å². The van der Waals surface area contributed by atoms with Gasteiger partial charge in [0.2, 0.25) is 0 Å². The number of carbonyl (C=O) groups is 2. The number of nitrogens with one attached hydrogen (secondary N) is 1. The van der Waals surface area contributed by atoms with Crippen molar-refractivity contribution in [1.29, 1.82) is 0 Å². The van der Waals surface area contributed by atoms with E-state index in [1.165, 1.54) is 13.4 Å². The Morgan fingerprint density at radius 3 is 2.38 bits per heavy atom. The van der Waals surface area contributed by atoms with Crippen LogP contribution in [0, 0.1) is 0 Å². The van der Waals surface area contributed by atoms with E-state index in [1.54, 1.807) is 23.1 Å². The van der Waals surface area contributed by atoms with Crippen molar-refractivity contribution in [2.45, 2.75) is 0 Å². The molecule has 1 saturated heterocycles. The van der Waals surface area contributed by atoms with E-state index >= 15 is 0 Å². The van der Waals surface area contributed by atoms with Crippen molar-refractivity contribution in [2.75, 3.05) is 43.5 Å². The van der Waals surface area contributed by atoms with Gasteiger partial charge in [0.05, 0.1) is 23.4 Å². The number of piperazine rings is 1. The molecule has 0 radical (unpaired) electrons. The summed E-state index contributed by atoms with van der Waals surface area (Å²) >= 11 is 6.83. The van der Waals surface area contributed by atoms with Gasteiger partial charge in [-0.2, -0.15) is 0 Å². The summed E-state index contributed by atoms with van der Waals surface area (Å²) in [6, 6.07) is 14.6. The highest BCUT2D eigenvalue weighted by atomic mass is 79.9. The Kier molecular flexibility index (Phi) is 6.86. The minimum absolute atomic E-state index is 0.0812. The molecule has 32 heavy (non-hydrogen) atoms. The molecule has 4 rings (SSSR count). The van der Waals surface area contributed by atoms with E-state index in [2.05, 4.69) is 42.1 Å². The molecule has 1 fully saturated rings. The Morgan fingerprint density at radius 2 is 1.75 bits per heavy atom. The second-order valence-corrected chi connectivity index (χ2v) is 9.00.